The smallest absolute Gasteiger partial charge is 0.123 e. The van der Waals surface area contributed by atoms with Gasteiger partial charge in [-0.1, -0.05) is 19.1 Å². The standard InChI is InChI=1S/C16H23FN4/c1-3-12(2)21-8-7-15(20-21)11-16(19-18)10-13-5-4-6-14(17)9-13/h4-9,12,16,19H,3,10-11,18H2,1-2H3. The van der Waals surface area contributed by atoms with E-state index in [1.807, 2.05) is 23.0 Å². The van der Waals surface area contributed by atoms with Crippen molar-refractivity contribution in [3.05, 3.63) is 53.6 Å². The maximum Gasteiger partial charge on any atom is 0.123 e. The molecule has 1 aromatic heterocycles. The van der Waals surface area contributed by atoms with Gasteiger partial charge in [-0.05, 0) is 43.5 Å². The van der Waals surface area contributed by atoms with Crippen molar-refractivity contribution in [3.8, 4) is 0 Å². The molecular weight excluding hydrogens is 267 g/mol. The number of rotatable bonds is 7. The molecule has 0 saturated carbocycles. The Morgan fingerprint density at radius 2 is 2.14 bits per heavy atom. The number of aromatic nitrogens is 2. The van der Waals surface area contributed by atoms with E-state index in [9.17, 15) is 4.39 Å². The van der Waals surface area contributed by atoms with Gasteiger partial charge >= 0.3 is 0 Å². The Morgan fingerprint density at radius 1 is 1.33 bits per heavy atom. The fourth-order valence-electron chi connectivity index (χ4n) is 2.31. The summed E-state index contributed by atoms with van der Waals surface area (Å²) in [4.78, 5) is 0. The Labute approximate surface area is 125 Å². The highest BCUT2D eigenvalue weighted by molar-refractivity contribution is 5.18. The topological polar surface area (TPSA) is 55.9 Å². The molecule has 2 atom stereocenters. The number of hydrogen-bond donors (Lipinski definition) is 2. The second-order valence-corrected chi connectivity index (χ2v) is 5.45. The van der Waals surface area contributed by atoms with Crippen LogP contribution in [0.4, 0.5) is 4.39 Å². The van der Waals surface area contributed by atoms with Crippen LogP contribution in [0.15, 0.2) is 36.5 Å². The van der Waals surface area contributed by atoms with Crippen LogP contribution in [0.5, 0.6) is 0 Å². The minimum absolute atomic E-state index is 0.0343. The van der Waals surface area contributed by atoms with Crippen LogP contribution in [-0.2, 0) is 12.8 Å². The number of nitrogens with two attached hydrogens (primary N) is 1. The van der Waals surface area contributed by atoms with E-state index in [1.165, 1.54) is 6.07 Å². The highest BCUT2D eigenvalue weighted by Gasteiger charge is 2.12. The van der Waals surface area contributed by atoms with E-state index in [2.05, 4.69) is 24.4 Å². The van der Waals surface area contributed by atoms with Gasteiger partial charge in [0.2, 0.25) is 0 Å². The summed E-state index contributed by atoms with van der Waals surface area (Å²) in [6, 6.07) is 9.06. The van der Waals surface area contributed by atoms with Crippen LogP contribution < -0.4 is 11.3 Å². The second-order valence-electron chi connectivity index (χ2n) is 5.45. The Hall–Kier alpha value is -1.72. The molecule has 0 fully saturated rings. The SMILES string of the molecule is CCC(C)n1ccc(CC(Cc2cccc(F)c2)NN)n1. The van der Waals surface area contributed by atoms with Crippen LogP contribution in [0.3, 0.4) is 0 Å². The van der Waals surface area contributed by atoms with Gasteiger partial charge in [-0.15, -0.1) is 0 Å². The normalized spacial score (nSPS) is 14.1. The van der Waals surface area contributed by atoms with Crippen molar-refractivity contribution in [2.75, 3.05) is 0 Å². The average molecular weight is 290 g/mol. The van der Waals surface area contributed by atoms with Crippen molar-refractivity contribution in [3.63, 3.8) is 0 Å². The Bertz CT molecular complexity index is 567. The van der Waals surface area contributed by atoms with Crippen molar-refractivity contribution in [1.82, 2.24) is 15.2 Å². The summed E-state index contributed by atoms with van der Waals surface area (Å²) < 4.78 is 15.2. The molecule has 114 valence electrons. The highest BCUT2D eigenvalue weighted by atomic mass is 19.1. The summed E-state index contributed by atoms with van der Waals surface area (Å²) >= 11 is 0. The lowest BCUT2D eigenvalue weighted by Gasteiger charge is -2.15. The van der Waals surface area contributed by atoms with E-state index in [4.69, 9.17) is 5.84 Å². The minimum atomic E-state index is -0.218. The van der Waals surface area contributed by atoms with Crippen LogP contribution in [-0.4, -0.2) is 15.8 Å². The largest absolute Gasteiger partial charge is 0.271 e. The molecule has 4 nitrogen and oxygen atoms in total. The van der Waals surface area contributed by atoms with Crippen LogP contribution >= 0.6 is 0 Å². The maximum atomic E-state index is 13.2. The van der Waals surface area contributed by atoms with Crippen LogP contribution in [0.25, 0.3) is 0 Å². The zero-order valence-corrected chi connectivity index (χ0v) is 12.6. The van der Waals surface area contributed by atoms with E-state index in [0.717, 1.165) is 24.1 Å². The third-order valence-corrected chi connectivity index (χ3v) is 3.77. The molecule has 0 amide bonds. The quantitative estimate of drug-likeness (QED) is 0.609. The Balaban J connectivity index is 2.00. The molecule has 3 N–H and O–H groups in total. The molecule has 0 aliphatic heterocycles. The molecule has 1 heterocycles. The molecular formula is C16H23FN4. The van der Waals surface area contributed by atoms with Crippen molar-refractivity contribution in [2.24, 2.45) is 5.84 Å². The van der Waals surface area contributed by atoms with Gasteiger partial charge < -0.3 is 0 Å². The van der Waals surface area contributed by atoms with Crippen molar-refractivity contribution < 1.29 is 4.39 Å². The third kappa shape index (κ3) is 4.37. The zero-order chi connectivity index (χ0) is 15.2. The van der Waals surface area contributed by atoms with Crippen LogP contribution in [0.1, 0.15) is 37.6 Å². The van der Waals surface area contributed by atoms with Gasteiger partial charge in [0.1, 0.15) is 5.82 Å². The fraction of sp³-hybridized carbons (Fsp3) is 0.438. The first-order valence-electron chi connectivity index (χ1n) is 7.37. The summed E-state index contributed by atoms with van der Waals surface area (Å²) in [5.41, 5.74) is 4.72. The lowest BCUT2D eigenvalue weighted by atomic mass is 10.0. The lowest BCUT2D eigenvalue weighted by Crippen LogP contribution is -2.38. The predicted molar refractivity (Wildman–Crippen MR) is 82.1 cm³/mol. The molecule has 0 radical (unpaired) electrons. The molecule has 0 spiro atoms. The zero-order valence-electron chi connectivity index (χ0n) is 12.6. The first-order valence-corrected chi connectivity index (χ1v) is 7.37. The lowest BCUT2D eigenvalue weighted by molar-refractivity contribution is 0.463. The van der Waals surface area contributed by atoms with Gasteiger partial charge in [0.05, 0.1) is 5.69 Å². The third-order valence-electron chi connectivity index (χ3n) is 3.77. The summed E-state index contributed by atoms with van der Waals surface area (Å²) in [5, 5.41) is 4.57. The monoisotopic (exact) mass is 290 g/mol. The number of nitrogens with zero attached hydrogens (tertiary/aromatic N) is 2. The number of nitrogens with one attached hydrogen (secondary N) is 1. The predicted octanol–water partition coefficient (Wildman–Crippen LogP) is 2.61. The van der Waals surface area contributed by atoms with E-state index >= 15 is 0 Å². The minimum Gasteiger partial charge on any atom is -0.271 e. The molecule has 0 saturated heterocycles. The molecule has 2 rings (SSSR count). The number of hydrogen-bond acceptors (Lipinski definition) is 3. The fourth-order valence-corrected chi connectivity index (χ4v) is 2.31. The molecule has 2 unspecified atom stereocenters. The van der Waals surface area contributed by atoms with E-state index in [0.29, 0.717) is 12.5 Å². The van der Waals surface area contributed by atoms with Crippen molar-refractivity contribution in [2.45, 2.75) is 45.2 Å². The Kier molecular flexibility index (Phi) is 5.47. The van der Waals surface area contributed by atoms with Crippen molar-refractivity contribution in [1.29, 1.82) is 0 Å². The second kappa shape index (κ2) is 7.33. The van der Waals surface area contributed by atoms with Crippen molar-refractivity contribution >= 4 is 0 Å². The molecule has 2 aromatic rings. The summed E-state index contributed by atoms with van der Waals surface area (Å²) in [5.74, 6) is 5.40. The Morgan fingerprint density at radius 3 is 2.81 bits per heavy atom. The molecule has 0 aliphatic rings. The average Bonchev–Trinajstić information content (AvgIpc) is 2.94. The van der Waals surface area contributed by atoms with Gasteiger partial charge in [0.15, 0.2) is 0 Å². The number of benzene rings is 1. The summed E-state index contributed by atoms with van der Waals surface area (Å²) in [6.45, 7) is 4.28. The first-order chi connectivity index (χ1) is 10.1. The summed E-state index contributed by atoms with van der Waals surface area (Å²) in [6.07, 6.45) is 4.43. The van der Waals surface area contributed by atoms with Gasteiger partial charge in [-0.3, -0.25) is 16.0 Å². The molecule has 1 aromatic carbocycles. The molecule has 0 bridgehead atoms. The van der Waals surface area contributed by atoms with Gasteiger partial charge in [0.25, 0.3) is 0 Å². The molecule has 5 heteroatoms. The van der Waals surface area contributed by atoms with E-state index in [-0.39, 0.29) is 11.9 Å². The van der Waals surface area contributed by atoms with Gasteiger partial charge in [0, 0.05) is 24.7 Å². The van der Waals surface area contributed by atoms with E-state index < -0.39 is 0 Å². The highest BCUT2D eigenvalue weighted by Crippen LogP contribution is 2.12. The first kappa shape index (κ1) is 15.7. The van der Waals surface area contributed by atoms with Gasteiger partial charge in [-0.2, -0.15) is 5.10 Å². The van der Waals surface area contributed by atoms with Crippen LogP contribution in [0, 0.1) is 5.82 Å². The maximum absolute atomic E-state index is 13.2. The molecule has 21 heavy (non-hydrogen) atoms. The summed E-state index contributed by atoms with van der Waals surface area (Å²) in [7, 11) is 0. The van der Waals surface area contributed by atoms with Gasteiger partial charge in [-0.25, -0.2) is 4.39 Å². The number of hydrazine groups is 1. The molecule has 0 aliphatic carbocycles. The van der Waals surface area contributed by atoms with E-state index in [1.54, 1.807) is 12.1 Å². The number of halogens is 1. The van der Waals surface area contributed by atoms with Crippen LogP contribution in [0.2, 0.25) is 0 Å².